The molecule has 1 N–H and O–H groups in total. The Hall–Kier alpha value is -0.640. The summed E-state index contributed by atoms with van der Waals surface area (Å²) in [5.41, 5.74) is 0.312. The van der Waals surface area contributed by atoms with Gasteiger partial charge in [0.1, 0.15) is 5.82 Å². The van der Waals surface area contributed by atoms with Gasteiger partial charge in [0.2, 0.25) is 0 Å². The molecule has 1 fully saturated rings. The van der Waals surface area contributed by atoms with Crippen LogP contribution < -0.4 is 0 Å². The first-order valence-corrected chi connectivity index (χ1v) is 6.45. The zero-order valence-corrected chi connectivity index (χ0v) is 11.4. The lowest BCUT2D eigenvalue weighted by Gasteiger charge is -2.27. The molecular formula is C12H21N3S. The topological polar surface area (TPSA) is 33.6 Å². The lowest BCUT2D eigenvalue weighted by atomic mass is 9.82. The van der Waals surface area contributed by atoms with Gasteiger partial charge < -0.3 is 4.57 Å². The van der Waals surface area contributed by atoms with E-state index in [1.807, 2.05) is 0 Å². The second-order valence-corrected chi connectivity index (χ2v) is 6.43. The molecule has 1 heterocycles. The number of nitrogens with one attached hydrogen (secondary N) is 1. The fourth-order valence-corrected chi connectivity index (χ4v) is 1.92. The number of nitrogens with zero attached hydrogens (tertiary/aromatic N) is 2. The first-order valence-electron chi connectivity index (χ1n) is 6.04. The third kappa shape index (κ3) is 2.37. The highest BCUT2D eigenvalue weighted by Crippen LogP contribution is 2.39. The molecule has 0 spiro atoms. The Bertz CT molecular complexity index is 420. The molecule has 1 unspecified atom stereocenters. The molecule has 4 heteroatoms. The maximum atomic E-state index is 5.31. The minimum Gasteiger partial charge on any atom is -0.304 e. The van der Waals surface area contributed by atoms with Crippen LogP contribution in [0.25, 0.3) is 0 Å². The van der Waals surface area contributed by atoms with Gasteiger partial charge in [-0.05, 0) is 36.4 Å². The molecule has 16 heavy (non-hydrogen) atoms. The van der Waals surface area contributed by atoms with E-state index in [0.29, 0.717) is 17.3 Å². The summed E-state index contributed by atoms with van der Waals surface area (Å²) < 4.78 is 2.97. The van der Waals surface area contributed by atoms with Gasteiger partial charge in [0, 0.05) is 12.5 Å². The Morgan fingerprint density at radius 1 is 1.50 bits per heavy atom. The molecule has 0 aromatic carbocycles. The SMILES string of the molecule is CC(Cn1c(C2CC2)n[nH]c1=S)C(C)(C)C. The van der Waals surface area contributed by atoms with Crippen molar-refractivity contribution < 1.29 is 0 Å². The summed E-state index contributed by atoms with van der Waals surface area (Å²) in [6.07, 6.45) is 2.53. The van der Waals surface area contributed by atoms with Crippen LogP contribution >= 0.6 is 12.2 Å². The monoisotopic (exact) mass is 239 g/mol. The van der Waals surface area contributed by atoms with E-state index in [1.54, 1.807) is 0 Å². The second-order valence-electron chi connectivity index (χ2n) is 6.04. The van der Waals surface area contributed by atoms with Crippen LogP contribution in [0, 0.1) is 16.1 Å². The average molecular weight is 239 g/mol. The standard InChI is InChI=1S/C12H21N3S/c1-8(12(2,3)4)7-15-10(9-5-6-9)13-14-11(15)16/h8-9H,5-7H2,1-4H3,(H,14,16). The Balaban J connectivity index is 2.20. The van der Waals surface area contributed by atoms with Gasteiger partial charge in [-0.1, -0.05) is 27.7 Å². The van der Waals surface area contributed by atoms with Crippen LogP contribution in [-0.4, -0.2) is 14.8 Å². The van der Waals surface area contributed by atoms with E-state index >= 15 is 0 Å². The second kappa shape index (κ2) is 3.99. The summed E-state index contributed by atoms with van der Waals surface area (Å²) in [7, 11) is 0. The fraction of sp³-hybridized carbons (Fsp3) is 0.833. The zero-order chi connectivity index (χ0) is 11.9. The normalized spacial score (nSPS) is 18.8. The Labute approximate surface area is 102 Å². The van der Waals surface area contributed by atoms with Crippen LogP contribution in [-0.2, 0) is 6.54 Å². The molecule has 0 radical (unpaired) electrons. The van der Waals surface area contributed by atoms with Gasteiger partial charge in [-0.2, -0.15) is 5.10 Å². The molecule has 1 atom stereocenters. The smallest absolute Gasteiger partial charge is 0.195 e. The number of aromatic amines is 1. The molecule has 90 valence electrons. The fourth-order valence-electron chi connectivity index (χ4n) is 1.71. The van der Waals surface area contributed by atoms with Crippen molar-refractivity contribution in [1.29, 1.82) is 0 Å². The number of hydrogen-bond donors (Lipinski definition) is 1. The first-order chi connectivity index (χ1) is 7.39. The lowest BCUT2D eigenvalue weighted by Crippen LogP contribution is -2.23. The molecule has 1 aliphatic carbocycles. The Morgan fingerprint density at radius 2 is 2.12 bits per heavy atom. The highest BCUT2D eigenvalue weighted by atomic mass is 32.1. The molecule has 1 saturated carbocycles. The summed E-state index contributed by atoms with van der Waals surface area (Å²) in [5, 5.41) is 7.29. The van der Waals surface area contributed by atoms with Gasteiger partial charge >= 0.3 is 0 Å². The van der Waals surface area contributed by atoms with Crippen molar-refractivity contribution in [3.8, 4) is 0 Å². The molecular weight excluding hydrogens is 218 g/mol. The van der Waals surface area contributed by atoms with Crippen LogP contribution in [0.3, 0.4) is 0 Å². The van der Waals surface area contributed by atoms with Crippen LogP contribution in [0.1, 0.15) is 52.3 Å². The third-order valence-electron chi connectivity index (χ3n) is 3.67. The summed E-state index contributed by atoms with van der Waals surface area (Å²) >= 11 is 5.31. The predicted octanol–water partition coefficient (Wildman–Crippen LogP) is 3.50. The molecule has 0 aliphatic heterocycles. The van der Waals surface area contributed by atoms with E-state index in [0.717, 1.165) is 11.3 Å². The Kier molecular flexibility index (Phi) is 2.95. The van der Waals surface area contributed by atoms with Crippen molar-refractivity contribution in [3.05, 3.63) is 10.6 Å². The number of hydrogen-bond acceptors (Lipinski definition) is 2. The van der Waals surface area contributed by atoms with E-state index in [9.17, 15) is 0 Å². The quantitative estimate of drug-likeness (QED) is 0.819. The Morgan fingerprint density at radius 3 is 2.62 bits per heavy atom. The largest absolute Gasteiger partial charge is 0.304 e. The van der Waals surface area contributed by atoms with Gasteiger partial charge in [-0.25, -0.2) is 0 Å². The van der Waals surface area contributed by atoms with Crippen LogP contribution in [0.2, 0.25) is 0 Å². The van der Waals surface area contributed by atoms with E-state index in [1.165, 1.54) is 18.7 Å². The first kappa shape index (κ1) is 11.8. The van der Waals surface area contributed by atoms with Gasteiger partial charge in [-0.3, -0.25) is 5.10 Å². The molecule has 1 aromatic rings. The van der Waals surface area contributed by atoms with E-state index in [4.69, 9.17) is 12.2 Å². The number of H-pyrrole nitrogens is 1. The molecule has 0 bridgehead atoms. The maximum Gasteiger partial charge on any atom is 0.195 e. The third-order valence-corrected chi connectivity index (χ3v) is 3.98. The van der Waals surface area contributed by atoms with E-state index in [2.05, 4.69) is 42.5 Å². The van der Waals surface area contributed by atoms with Gasteiger partial charge in [0.15, 0.2) is 4.77 Å². The van der Waals surface area contributed by atoms with Crippen molar-refractivity contribution >= 4 is 12.2 Å². The van der Waals surface area contributed by atoms with Crippen molar-refractivity contribution in [2.45, 2.75) is 53.0 Å². The molecule has 0 amide bonds. The van der Waals surface area contributed by atoms with Crippen molar-refractivity contribution in [3.63, 3.8) is 0 Å². The van der Waals surface area contributed by atoms with Crippen LogP contribution in [0.15, 0.2) is 0 Å². The lowest BCUT2D eigenvalue weighted by molar-refractivity contribution is 0.230. The van der Waals surface area contributed by atoms with Crippen molar-refractivity contribution in [2.24, 2.45) is 11.3 Å². The zero-order valence-electron chi connectivity index (χ0n) is 10.6. The predicted molar refractivity (Wildman–Crippen MR) is 68.0 cm³/mol. The van der Waals surface area contributed by atoms with Crippen molar-refractivity contribution in [2.75, 3.05) is 0 Å². The number of rotatable bonds is 3. The van der Waals surface area contributed by atoms with E-state index < -0.39 is 0 Å². The van der Waals surface area contributed by atoms with Gasteiger partial charge in [0.25, 0.3) is 0 Å². The van der Waals surface area contributed by atoms with Crippen molar-refractivity contribution in [1.82, 2.24) is 14.8 Å². The van der Waals surface area contributed by atoms with Crippen LogP contribution in [0.4, 0.5) is 0 Å². The molecule has 1 aromatic heterocycles. The summed E-state index contributed by atoms with van der Waals surface area (Å²) in [4.78, 5) is 0. The number of aromatic nitrogens is 3. The maximum absolute atomic E-state index is 5.31. The van der Waals surface area contributed by atoms with Gasteiger partial charge in [0.05, 0.1) is 0 Å². The minimum atomic E-state index is 0.312. The average Bonchev–Trinajstić information content (AvgIpc) is 2.93. The summed E-state index contributed by atoms with van der Waals surface area (Å²) in [6.45, 7) is 10.1. The molecule has 1 aliphatic rings. The minimum absolute atomic E-state index is 0.312. The molecule has 2 rings (SSSR count). The highest BCUT2D eigenvalue weighted by molar-refractivity contribution is 7.71. The van der Waals surface area contributed by atoms with Gasteiger partial charge in [-0.15, -0.1) is 0 Å². The molecule has 0 saturated heterocycles. The van der Waals surface area contributed by atoms with E-state index in [-0.39, 0.29) is 0 Å². The van der Waals surface area contributed by atoms with Crippen LogP contribution in [0.5, 0.6) is 0 Å². The highest BCUT2D eigenvalue weighted by Gasteiger charge is 2.30. The summed E-state index contributed by atoms with van der Waals surface area (Å²) in [6, 6.07) is 0. The summed E-state index contributed by atoms with van der Waals surface area (Å²) in [5.74, 6) is 2.41. The molecule has 3 nitrogen and oxygen atoms in total.